The van der Waals surface area contributed by atoms with Gasteiger partial charge in [-0.3, -0.25) is 0 Å². The first kappa shape index (κ1) is 14.1. The van der Waals surface area contributed by atoms with Crippen molar-refractivity contribution >= 4 is 15.9 Å². The summed E-state index contributed by atoms with van der Waals surface area (Å²) >= 11 is 3.60. The van der Waals surface area contributed by atoms with Crippen molar-refractivity contribution in [1.82, 2.24) is 5.32 Å². The van der Waals surface area contributed by atoms with Crippen LogP contribution >= 0.6 is 15.9 Å². The first-order valence-corrected chi connectivity index (χ1v) is 7.84. The third-order valence-electron chi connectivity index (χ3n) is 4.24. The number of hydrogen-bond acceptors (Lipinski definition) is 1. The van der Waals surface area contributed by atoms with E-state index in [1.165, 1.54) is 34.9 Å². The highest BCUT2D eigenvalue weighted by molar-refractivity contribution is 9.10. The fourth-order valence-electron chi connectivity index (χ4n) is 2.96. The maximum atomic E-state index is 3.73. The van der Waals surface area contributed by atoms with Gasteiger partial charge in [-0.25, -0.2) is 0 Å². The highest BCUT2D eigenvalue weighted by Gasteiger charge is 2.24. The van der Waals surface area contributed by atoms with E-state index in [4.69, 9.17) is 0 Å². The SMILES string of the molecule is Cc1ccc(CNC2CCC(C)CC2C)cc1Br. The molecule has 0 spiro atoms. The lowest BCUT2D eigenvalue weighted by molar-refractivity contribution is 0.227. The van der Waals surface area contributed by atoms with E-state index >= 15 is 0 Å². The summed E-state index contributed by atoms with van der Waals surface area (Å²) in [7, 11) is 0. The van der Waals surface area contributed by atoms with E-state index < -0.39 is 0 Å². The Bertz CT molecular complexity index is 402. The molecule has 3 atom stereocenters. The Kier molecular flexibility index (Phi) is 4.85. The quantitative estimate of drug-likeness (QED) is 0.855. The number of benzene rings is 1. The molecule has 1 nitrogen and oxygen atoms in total. The third kappa shape index (κ3) is 3.58. The first-order valence-electron chi connectivity index (χ1n) is 7.04. The van der Waals surface area contributed by atoms with Gasteiger partial charge < -0.3 is 5.32 Å². The highest BCUT2D eigenvalue weighted by atomic mass is 79.9. The summed E-state index contributed by atoms with van der Waals surface area (Å²) in [6, 6.07) is 7.34. The number of rotatable bonds is 3. The van der Waals surface area contributed by atoms with Crippen molar-refractivity contribution < 1.29 is 0 Å². The first-order chi connectivity index (χ1) is 8.56. The van der Waals surface area contributed by atoms with Gasteiger partial charge in [0.2, 0.25) is 0 Å². The molecule has 1 aliphatic carbocycles. The molecule has 0 bridgehead atoms. The molecule has 1 aliphatic rings. The number of hydrogen-bond donors (Lipinski definition) is 1. The minimum atomic E-state index is 0.696. The van der Waals surface area contributed by atoms with Gasteiger partial charge in [0.15, 0.2) is 0 Å². The largest absolute Gasteiger partial charge is 0.310 e. The standard InChI is InChI=1S/C16H24BrN/c1-11-4-7-16(13(3)8-11)18-10-14-6-5-12(2)15(17)9-14/h5-6,9,11,13,16,18H,4,7-8,10H2,1-3H3. The minimum Gasteiger partial charge on any atom is -0.310 e. The molecule has 0 saturated heterocycles. The Hall–Kier alpha value is -0.340. The molecular weight excluding hydrogens is 286 g/mol. The maximum absolute atomic E-state index is 3.73. The summed E-state index contributed by atoms with van der Waals surface area (Å²) in [5.41, 5.74) is 2.68. The maximum Gasteiger partial charge on any atom is 0.0208 e. The number of aryl methyl sites for hydroxylation is 1. The van der Waals surface area contributed by atoms with Crippen molar-refractivity contribution in [3.05, 3.63) is 33.8 Å². The average Bonchev–Trinajstić information content (AvgIpc) is 2.32. The summed E-state index contributed by atoms with van der Waals surface area (Å²) in [5, 5.41) is 3.73. The molecule has 0 amide bonds. The molecule has 2 heteroatoms. The Labute approximate surface area is 119 Å². The van der Waals surface area contributed by atoms with Crippen molar-refractivity contribution in [3.63, 3.8) is 0 Å². The fourth-order valence-corrected chi connectivity index (χ4v) is 3.39. The van der Waals surface area contributed by atoms with Crippen LogP contribution in [-0.2, 0) is 6.54 Å². The Morgan fingerprint density at radius 2 is 2.06 bits per heavy atom. The second-order valence-electron chi connectivity index (χ2n) is 5.97. The van der Waals surface area contributed by atoms with Crippen molar-refractivity contribution in [2.75, 3.05) is 0 Å². The predicted molar refractivity (Wildman–Crippen MR) is 81.7 cm³/mol. The van der Waals surface area contributed by atoms with E-state index in [0.29, 0.717) is 6.04 Å². The molecule has 0 aliphatic heterocycles. The van der Waals surface area contributed by atoms with Gasteiger partial charge in [-0.05, 0) is 55.2 Å². The Morgan fingerprint density at radius 3 is 2.72 bits per heavy atom. The lowest BCUT2D eigenvalue weighted by atomic mass is 9.80. The zero-order valence-electron chi connectivity index (χ0n) is 11.7. The number of halogens is 1. The Morgan fingerprint density at radius 1 is 1.28 bits per heavy atom. The third-order valence-corrected chi connectivity index (χ3v) is 5.09. The fraction of sp³-hybridized carbons (Fsp3) is 0.625. The lowest BCUT2D eigenvalue weighted by Crippen LogP contribution is -2.38. The summed E-state index contributed by atoms with van der Waals surface area (Å²) in [6.07, 6.45) is 4.07. The van der Waals surface area contributed by atoms with Crippen LogP contribution in [0.3, 0.4) is 0 Å². The molecule has 1 fully saturated rings. The highest BCUT2D eigenvalue weighted by Crippen LogP contribution is 2.28. The molecule has 0 aromatic heterocycles. The van der Waals surface area contributed by atoms with E-state index in [2.05, 4.69) is 60.2 Å². The van der Waals surface area contributed by atoms with Crippen LogP contribution in [0.4, 0.5) is 0 Å². The predicted octanol–water partition coefficient (Wildman–Crippen LogP) is 4.67. The molecule has 0 heterocycles. The smallest absolute Gasteiger partial charge is 0.0208 e. The molecule has 1 saturated carbocycles. The van der Waals surface area contributed by atoms with Crippen molar-refractivity contribution in [2.45, 2.75) is 52.6 Å². The van der Waals surface area contributed by atoms with Crippen LogP contribution in [0.5, 0.6) is 0 Å². The molecule has 2 rings (SSSR count). The average molecular weight is 310 g/mol. The zero-order chi connectivity index (χ0) is 13.1. The van der Waals surface area contributed by atoms with Crippen molar-refractivity contribution in [1.29, 1.82) is 0 Å². The lowest BCUT2D eigenvalue weighted by Gasteiger charge is -2.33. The summed E-state index contributed by atoms with van der Waals surface area (Å²) in [6.45, 7) is 7.89. The van der Waals surface area contributed by atoms with Crippen LogP contribution in [-0.4, -0.2) is 6.04 Å². The second-order valence-corrected chi connectivity index (χ2v) is 6.82. The van der Waals surface area contributed by atoms with Gasteiger partial charge in [-0.1, -0.05) is 41.9 Å². The molecule has 100 valence electrons. The van der Waals surface area contributed by atoms with Crippen molar-refractivity contribution in [2.24, 2.45) is 11.8 Å². The summed E-state index contributed by atoms with van der Waals surface area (Å²) < 4.78 is 1.21. The number of nitrogens with one attached hydrogen (secondary N) is 1. The van der Waals surface area contributed by atoms with E-state index in [0.717, 1.165) is 18.4 Å². The summed E-state index contributed by atoms with van der Waals surface area (Å²) in [4.78, 5) is 0. The summed E-state index contributed by atoms with van der Waals surface area (Å²) in [5.74, 6) is 1.72. The molecule has 1 aromatic carbocycles. The topological polar surface area (TPSA) is 12.0 Å². The van der Waals surface area contributed by atoms with Gasteiger partial charge in [0.25, 0.3) is 0 Å². The van der Waals surface area contributed by atoms with Crippen LogP contribution < -0.4 is 5.32 Å². The van der Waals surface area contributed by atoms with Gasteiger partial charge in [0, 0.05) is 17.1 Å². The van der Waals surface area contributed by atoms with Crippen LogP contribution in [0.15, 0.2) is 22.7 Å². The van der Waals surface area contributed by atoms with Crippen LogP contribution in [0.25, 0.3) is 0 Å². The van der Waals surface area contributed by atoms with Crippen molar-refractivity contribution in [3.8, 4) is 0 Å². The molecule has 0 radical (unpaired) electrons. The van der Waals surface area contributed by atoms with Gasteiger partial charge in [0.1, 0.15) is 0 Å². The van der Waals surface area contributed by atoms with Crippen LogP contribution in [0.2, 0.25) is 0 Å². The minimum absolute atomic E-state index is 0.696. The van der Waals surface area contributed by atoms with Gasteiger partial charge in [0.05, 0.1) is 0 Å². The molecule has 18 heavy (non-hydrogen) atoms. The van der Waals surface area contributed by atoms with E-state index in [1.807, 2.05) is 0 Å². The Balaban J connectivity index is 1.89. The zero-order valence-corrected chi connectivity index (χ0v) is 13.3. The van der Waals surface area contributed by atoms with Gasteiger partial charge in [-0.15, -0.1) is 0 Å². The van der Waals surface area contributed by atoms with E-state index in [1.54, 1.807) is 0 Å². The van der Waals surface area contributed by atoms with Gasteiger partial charge >= 0.3 is 0 Å². The molecule has 1 aromatic rings. The molecule has 3 unspecified atom stereocenters. The second kappa shape index (κ2) is 6.21. The monoisotopic (exact) mass is 309 g/mol. The van der Waals surface area contributed by atoms with E-state index in [9.17, 15) is 0 Å². The molecule has 1 N–H and O–H groups in total. The van der Waals surface area contributed by atoms with Gasteiger partial charge in [-0.2, -0.15) is 0 Å². The van der Waals surface area contributed by atoms with E-state index in [-0.39, 0.29) is 0 Å². The molecular formula is C16H24BrN. The van der Waals surface area contributed by atoms with Crippen LogP contribution in [0.1, 0.15) is 44.2 Å². The van der Waals surface area contributed by atoms with Crippen LogP contribution in [0, 0.1) is 18.8 Å². The normalized spacial score (nSPS) is 28.3.